The summed E-state index contributed by atoms with van der Waals surface area (Å²) in [6.45, 7) is 1.94. The predicted molar refractivity (Wildman–Crippen MR) is 78.1 cm³/mol. The summed E-state index contributed by atoms with van der Waals surface area (Å²) in [6.07, 6.45) is 2.84. The van der Waals surface area contributed by atoms with Gasteiger partial charge < -0.3 is 15.5 Å². The molecule has 4 nitrogen and oxygen atoms in total. The zero-order valence-corrected chi connectivity index (χ0v) is 11.6. The minimum absolute atomic E-state index is 0.00419. The molecular weight excluding hydrogens is 252 g/mol. The minimum atomic E-state index is -0.531. The van der Waals surface area contributed by atoms with Crippen LogP contribution in [0.3, 0.4) is 0 Å². The lowest BCUT2D eigenvalue weighted by Crippen LogP contribution is -2.46. The molecule has 1 heterocycles. The molecule has 1 amide bonds. The van der Waals surface area contributed by atoms with Gasteiger partial charge in [0.15, 0.2) is 0 Å². The summed E-state index contributed by atoms with van der Waals surface area (Å²) in [7, 11) is 0. The predicted octanol–water partition coefficient (Wildman–Crippen LogP) is 1.90. The van der Waals surface area contributed by atoms with Crippen LogP contribution in [0.1, 0.15) is 18.2 Å². The molecule has 0 fully saturated rings. The smallest absolute Gasteiger partial charge is 0.237 e. The molecular formula is C16H20N2O2. The van der Waals surface area contributed by atoms with Gasteiger partial charge in [0.05, 0.1) is 12.3 Å². The summed E-state index contributed by atoms with van der Waals surface area (Å²) in [4.78, 5) is 12.0. The molecule has 0 bridgehead atoms. The molecule has 0 radical (unpaired) electrons. The van der Waals surface area contributed by atoms with Gasteiger partial charge in [0.25, 0.3) is 0 Å². The Labute approximate surface area is 119 Å². The summed E-state index contributed by atoms with van der Waals surface area (Å²) in [5, 5.41) is 2.91. The Hall–Kier alpha value is -2.07. The van der Waals surface area contributed by atoms with Crippen LogP contribution in [-0.4, -0.2) is 18.0 Å². The van der Waals surface area contributed by atoms with Gasteiger partial charge in [0.2, 0.25) is 5.91 Å². The fourth-order valence-electron chi connectivity index (χ4n) is 2.09. The zero-order valence-electron chi connectivity index (χ0n) is 11.6. The molecule has 0 spiro atoms. The van der Waals surface area contributed by atoms with Gasteiger partial charge in [-0.1, -0.05) is 30.3 Å². The first-order chi connectivity index (χ1) is 9.65. The average Bonchev–Trinajstić information content (AvgIpc) is 2.92. The van der Waals surface area contributed by atoms with Crippen molar-refractivity contribution < 1.29 is 9.21 Å². The molecule has 2 atom stereocenters. The number of nitrogens with one attached hydrogen (secondary N) is 1. The Balaban J connectivity index is 1.81. The molecule has 1 unspecified atom stereocenters. The summed E-state index contributed by atoms with van der Waals surface area (Å²) in [6, 6.07) is 13.0. The quantitative estimate of drug-likeness (QED) is 0.844. The average molecular weight is 272 g/mol. The van der Waals surface area contributed by atoms with Crippen molar-refractivity contribution in [2.45, 2.75) is 31.8 Å². The molecule has 0 aliphatic heterocycles. The van der Waals surface area contributed by atoms with Crippen LogP contribution in [-0.2, 0) is 17.6 Å². The zero-order chi connectivity index (χ0) is 14.4. The monoisotopic (exact) mass is 272 g/mol. The van der Waals surface area contributed by atoms with Crippen molar-refractivity contribution in [2.24, 2.45) is 5.73 Å². The van der Waals surface area contributed by atoms with Gasteiger partial charge in [0.1, 0.15) is 5.76 Å². The van der Waals surface area contributed by atoms with E-state index >= 15 is 0 Å². The number of hydrogen-bond donors (Lipinski definition) is 2. The Morgan fingerprint density at radius 3 is 2.60 bits per heavy atom. The number of rotatable bonds is 6. The van der Waals surface area contributed by atoms with Crippen molar-refractivity contribution in [3.8, 4) is 0 Å². The molecule has 0 saturated heterocycles. The molecule has 1 aromatic heterocycles. The van der Waals surface area contributed by atoms with Crippen molar-refractivity contribution >= 4 is 5.91 Å². The van der Waals surface area contributed by atoms with Crippen LogP contribution in [0, 0.1) is 0 Å². The number of carbonyl (C=O) groups excluding carboxylic acids is 1. The van der Waals surface area contributed by atoms with Crippen LogP contribution in [0.2, 0.25) is 0 Å². The SMILES string of the molecule is CC(Cc1ccco1)NC(=O)[C@@H](N)Cc1ccccc1. The summed E-state index contributed by atoms with van der Waals surface area (Å²) >= 11 is 0. The third kappa shape index (κ3) is 4.24. The Morgan fingerprint density at radius 2 is 1.95 bits per heavy atom. The maximum Gasteiger partial charge on any atom is 0.237 e. The van der Waals surface area contributed by atoms with Gasteiger partial charge >= 0.3 is 0 Å². The maximum atomic E-state index is 12.0. The van der Waals surface area contributed by atoms with E-state index in [1.54, 1.807) is 6.26 Å². The van der Waals surface area contributed by atoms with Crippen LogP contribution in [0.25, 0.3) is 0 Å². The van der Waals surface area contributed by atoms with Crippen molar-refractivity contribution in [2.75, 3.05) is 0 Å². The molecule has 0 aliphatic rings. The van der Waals surface area contributed by atoms with Gasteiger partial charge in [-0.3, -0.25) is 4.79 Å². The Kier molecular flexibility index (Phi) is 4.96. The van der Waals surface area contributed by atoms with Crippen LogP contribution < -0.4 is 11.1 Å². The van der Waals surface area contributed by atoms with E-state index in [0.717, 1.165) is 11.3 Å². The molecule has 0 aliphatic carbocycles. The number of nitrogens with two attached hydrogens (primary N) is 1. The van der Waals surface area contributed by atoms with E-state index in [9.17, 15) is 4.79 Å². The van der Waals surface area contributed by atoms with Crippen molar-refractivity contribution in [3.63, 3.8) is 0 Å². The third-order valence-corrected chi connectivity index (χ3v) is 3.11. The van der Waals surface area contributed by atoms with Gasteiger partial charge in [0, 0.05) is 12.5 Å². The highest BCUT2D eigenvalue weighted by Gasteiger charge is 2.16. The van der Waals surface area contributed by atoms with E-state index in [4.69, 9.17) is 10.2 Å². The summed E-state index contributed by atoms with van der Waals surface area (Å²) < 4.78 is 5.26. The molecule has 3 N–H and O–H groups in total. The number of furan rings is 1. The lowest BCUT2D eigenvalue weighted by atomic mass is 10.1. The molecule has 20 heavy (non-hydrogen) atoms. The maximum absolute atomic E-state index is 12.0. The second-order valence-electron chi connectivity index (χ2n) is 4.99. The first kappa shape index (κ1) is 14.3. The third-order valence-electron chi connectivity index (χ3n) is 3.11. The van der Waals surface area contributed by atoms with Gasteiger partial charge in [-0.2, -0.15) is 0 Å². The molecule has 4 heteroatoms. The van der Waals surface area contributed by atoms with Crippen LogP contribution in [0.4, 0.5) is 0 Å². The topological polar surface area (TPSA) is 68.3 Å². The molecule has 1 aromatic carbocycles. The van der Waals surface area contributed by atoms with Crippen molar-refractivity contribution in [1.82, 2.24) is 5.32 Å². The highest BCUT2D eigenvalue weighted by atomic mass is 16.3. The second kappa shape index (κ2) is 6.91. The van der Waals surface area contributed by atoms with E-state index in [1.807, 2.05) is 49.4 Å². The molecule has 106 valence electrons. The molecule has 2 rings (SSSR count). The second-order valence-corrected chi connectivity index (χ2v) is 4.99. The van der Waals surface area contributed by atoms with E-state index in [1.165, 1.54) is 0 Å². The van der Waals surface area contributed by atoms with E-state index in [0.29, 0.717) is 12.8 Å². The highest BCUT2D eigenvalue weighted by molar-refractivity contribution is 5.82. The number of benzene rings is 1. The largest absolute Gasteiger partial charge is 0.469 e. The van der Waals surface area contributed by atoms with Crippen LogP contribution >= 0.6 is 0 Å². The summed E-state index contributed by atoms with van der Waals surface area (Å²) in [5.74, 6) is 0.724. The van der Waals surface area contributed by atoms with Crippen molar-refractivity contribution in [3.05, 3.63) is 60.1 Å². The number of carbonyl (C=O) groups is 1. The number of hydrogen-bond acceptors (Lipinski definition) is 3. The first-order valence-corrected chi connectivity index (χ1v) is 6.77. The van der Waals surface area contributed by atoms with Crippen molar-refractivity contribution in [1.29, 1.82) is 0 Å². The Bertz CT molecular complexity index is 523. The normalized spacial score (nSPS) is 13.7. The Morgan fingerprint density at radius 1 is 1.20 bits per heavy atom. The fourth-order valence-corrected chi connectivity index (χ4v) is 2.09. The number of amides is 1. The van der Waals surface area contributed by atoms with E-state index in [2.05, 4.69) is 5.32 Å². The standard InChI is InChI=1S/C16H20N2O2/c1-12(10-14-8-5-9-20-14)18-16(19)15(17)11-13-6-3-2-4-7-13/h2-9,12,15H,10-11,17H2,1H3,(H,18,19)/t12?,15-/m0/s1. The first-order valence-electron chi connectivity index (χ1n) is 6.77. The lowest BCUT2D eigenvalue weighted by molar-refractivity contribution is -0.122. The highest BCUT2D eigenvalue weighted by Crippen LogP contribution is 2.05. The van der Waals surface area contributed by atoms with Gasteiger partial charge in [-0.05, 0) is 31.0 Å². The molecule has 0 saturated carbocycles. The van der Waals surface area contributed by atoms with E-state index in [-0.39, 0.29) is 11.9 Å². The van der Waals surface area contributed by atoms with Crippen LogP contribution in [0.15, 0.2) is 53.1 Å². The minimum Gasteiger partial charge on any atom is -0.469 e. The van der Waals surface area contributed by atoms with Gasteiger partial charge in [-0.25, -0.2) is 0 Å². The van der Waals surface area contributed by atoms with E-state index < -0.39 is 6.04 Å². The molecule has 2 aromatic rings. The summed E-state index contributed by atoms with van der Waals surface area (Å²) in [5.41, 5.74) is 7.00. The van der Waals surface area contributed by atoms with Crippen LogP contribution in [0.5, 0.6) is 0 Å². The van der Waals surface area contributed by atoms with Gasteiger partial charge in [-0.15, -0.1) is 0 Å². The fraction of sp³-hybridized carbons (Fsp3) is 0.312. The lowest BCUT2D eigenvalue weighted by Gasteiger charge is -2.17.